The average Bonchev–Trinajstić information content (AvgIpc) is 2.93. The van der Waals surface area contributed by atoms with Gasteiger partial charge in [-0.1, -0.05) is 13.8 Å². The number of nitrogens with zero attached hydrogens (tertiary/aromatic N) is 2. The van der Waals surface area contributed by atoms with E-state index in [9.17, 15) is 13.2 Å². The Bertz CT molecular complexity index is 538. The number of likely N-dealkylation sites (N-methyl/N-ethyl adjacent to an activating group) is 1. The largest absolute Gasteiger partial charge is 0.464 e. The van der Waals surface area contributed by atoms with Gasteiger partial charge in [-0.2, -0.15) is 0 Å². The molecule has 1 aromatic heterocycles. The Morgan fingerprint density at radius 3 is 2.65 bits per heavy atom. The summed E-state index contributed by atoms with van der Waals surface area (Å²) in [6, 6.07) is 0. The van der Waals surface area contributed by atoms with Crippen LogP contribution in [0.25, 0.3) is 0 Å². The number of aromatic nitrogens is 1. The highest BCUT2D eigenvalue weighted by Crippen LogP contribution is 2.20. The van der Waals surface area contributed by atoms with Gasteiger partial charge in [-0.25, -0.2) is 22.9 Å². The van der Waals surface area contributed by atoms with Crippen molar-refractivity contribution in [2.45, 2.75) is 18.1 Å². The highest BCUT2D eigenvalue weighted by Gasteiger charge is 2.26. The molecular formula is C11H19N3O4S2. The third-order valence-electron chi connectivity index (χ3n) is 2.77. The van der Waals surface area contributed by atoms with Crippen LogP contribution in [-0.4, -0.2) is 57.6 Å². The lowest BCUT2D eigenvalue weighted by molar-refractivity contribution is 0.0590. The van der Waals surface area contributed by atoms with Crippen LogP contribution in [0.1, 0.15) is 24.3 Å². The van der Waals surface area contributed by atoms with E-state index in [2.05, 4.69) is 19.3 Å². The summed E-state index contributed by atoms with van der Waals surface area (Å²) >= 11 is 0.895. The van der Waals surface area contributed by atoms with Crippen molar-refractivity contribution in [1.29, 1.82) is 0 Å². The molecule has 0 aromatic carbocycles. The van der Waals surface area contributed by atoms with Crippen LogP contribution < -0.4 is 4.72 Å². The lowest BCUT2D eigenvalue weighted by Gasteiger charge is -2.17. The number of hydrogen-bond donors (Lipinski definition) is 1. The van der Waals surface area contributed by atoms with Crippen molar-refractivity contribution in [3.05, 3.63) is 11.2 Å². The van der Waals surface area contributed by atoms with Gasteiger partial charge in [-0.15, -0.1) is 11.3 Å². The Kier molecular flexibility index (Phi) is 6.53. The topological polar surface area (TPSA) is 88.6 Å². The van der Waals surface area contributed by atoms with Crippen LogP contribution >= 0.6 is 11.3 Å². The highest BCUT2D eigenvalue weighted by molar-refractivity contribution is 7.91. The fourth-order valence-corrected chi connectivity index (χ4v) is 3.80. The van der Waals surface area contributed by atoms with Gasteiger partial charge in [0.15, 0.2) is 9.90 Å². The summed E-state index contributed by atoms with van der Waals surface area (Å²) in [5.41, 5.74) is 1.14. The number of ether oxygens (including phenoxy) is 1. The van der Waals surface area contributed by atoms with Gasteiger partial charge < -0.3 is 9.64 Å². The lowest BCUT2D eigenvalue weighted by Crippen LogP contribution is -2.35. The Morgan fingerprint density at radius 2 is 2.10 bits per heavy atom. The van der Waals surface area contributed by atoms with E-state index in [0.717, 1.165) is 24.4 Å². The molecule has 0 aliphatic carbocycles. The molecule has 1 rings (SSSR count). The van der Waals surface area contributed by atoms with Crippen molar-refractivity contribution in [3.8, 4) is 0 Å². The minimum atomic E-state index is -3.74. The molecule has 0 radical (unpaired) electrons. The van der Waals surface area contributed by atoms with E-state index >= 15 is 0 Å². The number of carbonyl (C=O) groups excluding carboxylic acids is 1. The van der Waals surface area contributed by atoms with Crippen LogP contribution in [0.5, 0.6) is 0 Å². The van der Waals surface area contributed by atoms with Crippen LogP contribution in [-0.2, 0) is 14.8 Å². The summed E-state index contributed by atoms with van der Waals surface area (Å²) in [6.45, 7) is 6.62. The summed E-state index contributed by atoms with van der Waals surface area (Å²) in [4.78, 5) is 17.3. The summed E-state index contributed by atoms with van der Waals surface area (Å²) in [5, 5.41) is 0. The molecular weight excluding hydrogens is 302 g/mol. The molecule has 20 heavy (non-hydrogen) atoms. The minimum Gasteiger partial charge on any atom is -0.464 e. The second-order valence-corrected chi connectivity index (χ2v) is 6.72. The van der Waals surface area contributed by atoms with Gasteiger partial charge in [0.25, 0.3) is 10.0 Å². The third kappa shape index (κ3) is 4.23. The molecule has 0 aliphatic rings. The third-order valence-corrected chi connectivity index (χ3v) is 5.60. The molecule has 1 heterocycles. The molecule has 9 heteroatoms. The molecule has 0 saturated heterocycles. The first-order valence-corrected chi connectivity index (χ1v) is 8.56. The molecule has 0 saturated carbocycles. The Hall–Kier alpha value is -1.03. The van der Waals surface area contributed by atoms with Gasteiger partial charge in [0.1, 0.15) is 0 Å². The maximum atomic E-state index is 12.1. The molecule has 0 atom stereocenters. The first-order valence-electron chi connectivity index (χ1n) is 6.20. The van der Waals surface area contributed by atoms with Gasteiger partial charge >= 0.3 is 5.97 Å². The zero-order valence-electron chi connectivity index (χ0n) is 11.7. The number of hydrogen-bond acceptors (Lipinski definition) is 7. The van der Waals surface area contributed by atoms with Crippen LogP contribution in [0.3, 0.4) is 0 Å². The van der Waals surface area contributed by atoms with Gasteiger partial charge in [0, 0.05) is 13.1 Å². The van der Waals surface area contributed by atoms with Crippen molar-refractivity contribution in [2.75, 3.05) is 33.3 Å². The number of thiazole rings is 1. The zero-order chi connectivity index (χ0) is 15.2. The van der Waals surface area contributed by atoms with Crippen LogP contribution in [0.4, 0.5) is 0 Å². The van der Waals surface area contributed by atoms with E-state index in [0.29, 0.717) is 6.54 Å². The monoisotopic (exact) mass is 321 g/mol. The number of esters is 1. The molecule has 1 N–H and O–H groups in total. The summed E-state index contributed by atoms with van der Waals surface area (Å²) in [5.74, 6) is -0.754. The van der Waals surface area contributed by atoms with E-state index in [1.54, 1.807) is 0 Å². The highest BCUT2D eigenvalue weighted by atomic mass is 32.2. The standard InChI is InChI=1S/C11H19N3O4S2/c1-4-14(5-2)7-6-13-20(16,17)11-9(10(15)18-3)12-8-19-11/h8,13H,4-7H2,1-3H3. The van der Waals surface area contributed by atoms with E-state index < -0.39 is 16.0 Å². The minimum absolute atomic E-state index is 0.108. The second-order valence-electron chi connectivity index (χ2n) is 3.90. The molecule has 7 nitrogen and oxygen atoms in total. The Morgan fingerprint density at radius 1 is 1.45 bits per heavy atom. The zero-order valence-corrected chi connectivity index (χ0v) is 13.4. The first-order chi connectivity index (χ1) is 9.46. The molecule has 0 amide bonds. The Labute approximate surface area is 123 Å². The first kappa shape index (κ1) is 17.0. The van der Waals surface area contributed by atoms with Crippen molar-refractivity contribution in [1.82, 2.24) is 14.6 Å². The number of methoxy groups -OCH3 is 1. The van der Waals surface area contributed by atoms with Crippen molar-refractivity contribution in [2.24, 2.45) is 0 Å². The fourth-order valence-electron chi connectivity index (χ4n) is 1.60. The van der Waals surface area contributed by atoms with Gasteiger partial charge in [0.2, 0.25) is 0 Å². The lowest BCUT2D eigenvalue weighted by atomic mass is 10.5. The van der Waals surface area contributed by atoms with Gasteiger partial charge in [0.05, 0.1) is 12.6 Å². The fraction of sp³-hybridized carbons (Fsp3) is 0.636. The Balaban J connectivity index is 2.75. The molecule has 0 spiro atoms. The normalized spacial score (nSPS) is 11.8. The van der Waals surface area contributed by atoms with Crippen molar-refractivity contribution < 1.29 is 17.9 Å². The summed E-state index contributed by atoms with van der Waals surface area (Å²) in [7, 11) is -2.55. The average molecular weight is 321 g/mol. The van der Waals surface area contributed by atoms with Gasteiger partial charge in [-0.3, -0.25) is 0 Å². The quantitative estimate of drug-likeness (QED) is 0.704. The van der Waals surface area contributed by atoms with E-state index in [-0.39, 0.29) is 16.4 Å². The number of nitrogens with one attached hydrogen (secondary N) is 1. The summed E-state index contributed by atoms with van der Waals surface area (Å²) < 4.78 is 31.1. The molecule has 0 aliphatic heterocycles. The molecule has 0 fully saturated rings. The van der Waals surface area contributed by atoms with Crippen LogP contribution in [0, 0.1) is 0 Å². The predicted molar refractivity (Wildman–Crippen MR) is 76.4 cm³/mol. The van der Waals surface area contributed by atoms with Crippen LogP contribution in [0.15, 0.2) is 9.72 Å². The number of sulfonamides is 1. The smallest absolute Gasteiger partial charge is 0.358 e. The maximum absolute atomic E-state index is 12.1. The van der Waals surface area contributed by atoms with Gasteiger partial charge in [-0.05, 0) is 13.1 Å². The van der Waals surface area contributed by atoms with Crippen molar-refractivity contribution >= 4 is 27.3 Å². The number of carbonyl (C=O) groups is 1. The molecule has 0 unspecified atom stereocenters. The number of rotatable bonds is 8. The van der Waals surface area contributed by atoms with Crippen molar-refractivity contribution in [3.63, 3.8) is 0 Å². The predicted octanol–water partition coefficient (Wildman–Crippen LogP) is 0.550. The second kappa shape index (κ2) is 7.67. The SMILES string of the molecule is CCN(CC)CCNS(=O)(=O)c1scnc1C(=O)OC. The van der Waals surface area contributed by atoms with E-state index in [4.69, 9.17) is 0 Å². The molecule has 114 valence electrons. The molecule has 0 bridgehead atoms. The van der Waals surface area contributed by atoms with E-state index in [1.165, 1.54) is 12.6 Å². The van der Waals surface area contributed by atoms with E-state index in [1.807, 2.05) is 13.8 Å². The van der Waals surface area contributed by atoms with Crippen LogP contribution in [0.2, 0.25) is 0 Å². The molecule has 1 aromatic rings. The maximum Gasteiger partial charge on any atom is 0.358 e. The summed E-state index contributed by atoms with van der Waals surface area (Å²) in [6.07, 6.45) is 0.